The summed E-state index contributed by atoms with van der Waals surface area (Å²) in [6, 6.07) is 13.6. The van der Waals surface area contributed by atoms with Crippen molar-refractivity contribution >= 4 is 46.2 Å². The van der Waals surface area contributed by atoms with Gasteiger partial charge in [0.25, 0.3) is 6.43 Å². The molecule has 0 aliphatic carbocycles. The number of amides is 2. The monoisotopic (exact) mass is 491 g/mol. The molecule has 3 heterocycles. The summed E-state index contributed by atoms with van der Waals surface area (Å²) < 4.78 is 32.4. The van der Waals surface area contributed by atoms with Crippen LogP contribution in [0.15, 0.2) is 59.9 Å². The molecule has 4 aromatic rings. The van der Waals surface area contributed by atoms with Crippen molar-refractivity contribution < 1.29 is 18.3 Å². The Hall–Kier alpha value is -4.54. The third kappa shape index (κ3) is 4.19. The van der Waals surface area contributed by atoms with Crippen LogP contribution in [-0.2, 0) is 13.6 Å². The van der Waals surface area contributed by atoms with Crippen LogP contribution in [0.2, 0.25) is 0 Å². The molecule has 2 aromatic carbocycles. The molecule has 1 aliphatic rings. The Morgan fingerprint density at radius 3 is 2.75 bits per heavy atom. The van der Waals surface area contributed by atoms with Crippen molar-refractivity contribution in [2.24, 2.45) is 12.0 Å². The van der Waals surface area contributed by atoms with Gasteiger partial charge >= 0.3 is 6.03 Å². The molecular formula is C25H23F2N7O2. The third-order valence-electron chi connectivity index (χ3n) is 5.87. The van der Waals surface area contributed by atoms with E-state index in [2.05, 4.69) is 15.0 Å². The number of urea groups is 1. The topological polar surface area (TPSA) is 102 Å². The average molecular weight is 492 g/mol. The number of nitrogens with zero attached hydrogens (tertiary/aromatic N) is 6. The Morgan fingerprint density at radius 1 is 1.17 bits per heavy atom. The van der Waals surface area contributed by atoms with Crippen LogP contribution in [0.4, 0.5) is 36.5 Å². The highest BCUT2D eigenvalue weighted by Gasteiger charge is 2.34. The molecule has 0 fully saturated rings. The maximum absolute atomic E-state index is 13.9. The van der Waals surface area contributed by atoms with Crippen LogP contribution >= 0.6 is 0 Å². The van der Waals surface area contributed by atoms with Gasteiger partial charge < -0.3 is 15.0 Å². The molecule has 0 saturated carbocycles. The van der Waals surface area contributed by atoms with Gasteiger partial charge in [-0.15, -0.1) is 0 Å². The number of nitrogen functional groups attached to an aromatic ring is 1. The first kappa shape index (κ1) is 23.2. The highest BCUT2D eigenvalue weighted by molar-refractivity contribution is 6.11. The van der Waals surface area contributed by atoms with E-state index in [9.17, 15) is 13.6 Å². The molecule has 0 bridgehead atoms. The van der Waals surface area contributed by atoms with Crippen molar-refractivity contribution in [3.8, 4) is 5.88 Å². The van der Waals surface area contributed by atoms with E-state index in [0.29, 0.717) is 34.0 Å². The molecule has 36 heavy (non-hydrogen) atoms. The highest BCUT2D eigenvalue weighted by Crippen LogP contribution is 2.38. The minimum absolute atomic E-state index is 0.0100. The lowest BCUT2D eigenvalue weighted by atomic mass is 10.1. The lowest BCUT2D eigenvalue weighted by Gasteiger charge is -2.36. The molecule has 0 saturated heterocycles. The van der Waals surface area contributed by atoms with Gasteiger partial charge in [0.15, 0.2) is 6.61 Å². The molecule has 0 atom stereocenters. The second-order valence-corrected chi connectivity index (χ2v) is 8.27. The lowest BCUT2D eigenvalue weighted by molar-refractivity contribution is 0.0796. The number of nitrogens with two attached hydrogens (primary N) is 1. The third-order valence-corrected chi connectivity index (χ3v) is 5.87. The van der Waals surface area contributed by atoms with Gasteiger partial charge in [-0.3, -0.25) is 9.89 Å². The molecule has 5 rings (SSSR count). The average Bonchev–Trinajstić information content (AvgIpc) is 3.24. The van der Waals surface area contributed by atoms with Crippen LogP contribution in [0.25, 0.3) is 11.0 Å². The molecule has 184 valence electrons. The molecule has 0 spiro atoms. The van der Waals surface area contributed by atoms with Crippen molar-refractivity contribution in [2.75, 3.05) is 29.2 Å². The number of halogens is 2. The zero-order valence-electron chi connectivity index (χ0n) is 19.6. The predicted molar refractivity (Wildman–Crippen MR) is 135 cm³/mol. The van der Waals surface area contributed by atoms with Crippen molar-refractivity contribution in [1.82, 2.24) is 14.5 Å². The van der Waals surface area contributed by atoms with Crippen LogP contribution < -0.4 is 20.3 Å². The van der Waals surface area contributed by atoms with Crippen molar-refractivity contribution in [2.45, 2.75) is 13.0 Å². The lowest BCUT2D eigenvalue weighted by Crippen LogP contribution is -2.45. The highest BCUT2D eigenvalue weighted by atomic mass is 19.3. The summed E-state index contributed by atoms with van der Waals surface area (Å²) in [4.78, 5) is 29.8. The van der Waals surface area contributed by atoms with E-state index in [1.807, 2.05) is 23.7 Å². The summed E-state index contributed by atoms with van der Waals surface area (Å²) >= 11 is 0. The van der Waals surface area contributed by atoms with E-state index in [0.717, 1.165) is 11.0 Å². The summed E-state index contributed by atoms with van der Waals surface area (Å²) in [7, 11) is 3.50. The summed E-state index contributed by atoms with van der Waals surface area (Å²) in [5.74, 6) is 0.325. The number of aryl methyl sites for hydroxylation is 1. The first-order valence-corrected chi connectivity index (χ1v) is 11.1. The number of rotatable bonds is 6. The second-order valence-electron chi connectivity index (χ2n) is 8.27. The summed E-state index contributed by atoms with van der Waals surface area (Å²) in [6.45, 7) is -0.576. The van der Waals surface area contributed by atoms with Crippen LogP contribution in [0, 0.1) is 0 Å². The van der Waals surface area contributed by atoms with Gasteiger partial charge in [0, 0.05) is 48.9 Å². The molecule has 0 unspecified atom stereocenters. The number of hydrogen-bond donors (Lipinski definition) is 1. The number of hydrogen-bond acceptors (Lipinski definition) is 6. The van der Waals surface area contributed by atoms with E-state index >= 15 is 0 Å². The van der Waals surface area contributed by atoms with Gasteiger partial charge in [-0.25, -0.2) is 23.5 Å². The van der Waals surface area contributed by atoms with Crippen LogP contribution in [-0.4, -0.2) is 46.9 Å². The number of ether oxygens (including phenoxy) is 1. The molecule has 2 N–H and O–H groups in total. The first-order valence-electron chi connectivity index (χ1n) is 11.1. The first-order chi connectivity index (χ1) is 17.4. The maximum atomic E-state index is 13.9. The fourth-order valence-corrected chi connectivity index (χ4v) is 4.12. The Morgan fingerprint density at radius 2 is 1.97 bits per heavy atom. The number of carbonyl (C=O) groups is 1. The van der Waals surface area contributed by atoms with Gasteiger partial charge in [0.2, 0.25) is 5.88 Å². The van der Waals surface area contributed by atoms with Crippen molar-refractivity contribution in [1.29, 1.82) is 0 Å². The fraction of sp³-hybridized carbons (Fsp3) is 0.200. The zero-order valence-corrected chi connectivity index (χ0v) is 19.6. The molecule has 2 amide bonds. The molecular weight excluding hydrogens is 468 g/mol. The molecule has 9 nitrogen and oxygen atoms in total. The maximum Gasteiger partial charge on any atom is 0.335 e. The van der Waals surface area contributed by atoms with E-state index in [1.54, 1.807) is 54.8 Å². The second kappa shape index (κ2) is 9.25. The molecule has 11 heteroatoms. The van der Waals surface area contributed by atoms with Crippen LogP contribution in [0.5, 0.6) is 5.88 Å². The molecule has 1 aliphatic heterocycles. The fourth-order valence-electron chi connectivity index (χ4n) is 4.12. The van der Waals surface area contributed by atoms with Gasteiger partial charge in [0.05, 0.1) is 29.6 Å². The number of fused-ring (bicyclic) bond motifs is 2. The molecule has 2 aromatic heterocycles. The SMILES string of the molecule is CN=Cc1cc(N2Cc3ccc(OCC(F)F)nc3N(c3ccc4ncn(C)c4c3)C2=O)ccc1N. The Labute approximate surface area is 205 Å². The number of anilines is 4. The van der Waals surface area contributed by atoms with E-state index in [1.165, 1.54) is 11.0 Å². The van der Waals surface area contributed by atoms with Crippen LogP contribution in [0.1, 0.15) is 11.1 Å². The predicted octanol–water partition coefficient (Wildman–Crippen LogP) is 4.52. The van der Waals surface area contributed by atoms with Crippen molar-refractivity contribution in [3.05, 3.63) is 66.0 Å². The van der Waals surface area contributed by atoms with Crippen LogP contribution in [0.3, 0.4) is 0 Å². The van der Waals surface area contributed by atoms with E-state index in [-0.39, 0.29) is 18.5 Å². The summed E-state index contributed by atoms with van der Waals surface area (Å²) in [6.07, 6.45) is 0.672. The van der Waals surface area contributed by atoms with Gasteiger partial charge in [-0.2, -0.15) is 4.98 Å². The smallest absolute Gasteiger partial charge is 0.335 e. The summed E-state index contributed by atoms with van der Waals surface area (Å²) in [5.41, 5.74) is 10.8. The quantitative estimate of drug-likeness (QED) is 0.316. The van der Waals surface area contributed by atoms with E-state index < -0.39 is 13.0 Å². The number of benzene rings is 2. The molecule has 0 radical (unpaired) electrons. The number of aliphatic imine (C=N–C) groups is 1. The number of aromatic nitrogens is 3. The van der Waals surface area contributed by atoms with Gasteiger partial charge in [-0.1, -0.05) is 0 Å². The Bertz CT molecular complexity index is 1480. The normalized spacial score (nSPS) is 13.8. The van der Waals surface area contributed by atoms with Crippen molar-refractivity contribution in [3.63, 3.8) is 0 Å². The zero-order chi connectivity index (χ0) is 25.4. The van der Waals surface area contributed by atoms with E-state index in [4.69, 9.17) is 10.5 Å². The standard InChI is InChI=1S/C25H23F2N7O2/c1-29-11-16-9-17(4-6-19(16)28)33-12-15-3-8-23(36-13-22(26)27)31-24(15)34(25(33)35)18-5-7-20-21(10-18)32(2)14-30-20/h3-11,14,22H,12-13,28H2,1-2H3. The minimum atomic E-state index is -2.64. The van der Waals surface area contributed by atoms with Gasteiger partial charge in [-0.05, 0) is 42.5 Å². The summed E-state index contributed by atoms with van der Waals surface area (Å²) in [5, 5.41) is 0. The Balaban J connectivity index is 1.63. The number of alkyl halides is 2. The number of imidazole rings is 1. The number of carbonyl (C=O) groups excluding carboxylic acids is 1. The van der Waals surface area contributed by atoms with Gasteiger partial charge in [0.1, 0.15) is 5.82 Å². The number of pyridine rings is 1. The minimum Gasteiger partial charge on any atom is -0.472 e. The largest absolute Gasteiger partial charge is 0.472 e. The Kier molecular flexibility index (Phi) is 5.96.